The first-order valence-electron chi connectivity index (χ1n) is 11.9. The Kier molecular flexibility index (Phi) is 6.33. The van der Waals surface area contributed by atoms with Crippen molar-refractivity contribution in [2.45, 2.75) is 58.0 Å². The highest BCUT2D eigenvalue weighted by molar-refractivity contribution is 5.85. The smallest absolute Gasteiger partial charge is 0.243 e. The van der Waals surface area contributed by atoms with E-state index in [0.29, 0.717) is 5.95 Å². The van der Waals surface area contributed by atoms with Crippen LogP contribution in [-0.2, 0) is 11.2 Å². The molecule has 0 aliphatic carbocycles. The molecule has 1 amide bonds. The molecule has 2 aliphatic rings. The van der Waals surface area contributed by atoms with Crippen LogP contribution in [0.4, 0.5) is 5.82 Å². The predicted molar refractivity (Wildman–Crippen MR) is 127 cm³/mol. The molecule has 1 aromatic carbocycles. The molecule has 2 aliphatic heterocycles. The number of nitrogens with one attached hydrogen (secondary N) is 1. The molecule has 9 nitrogen and oxygen atoms in total. The van der Waals surface area contributed by atoms with E-state index in [1.807, 2.05) is 37.4 Å². The van der Waals surface area contributed by atoms with Crippen LogP contribution >= 0.6 is 0 Å². The average molecular weight is 463 g/mol. The summed E-state index contributed by atoms with van der Waals surface area (Å²) in [6.07, 6.45) is 9.92. The van der Waals surface area contributed by atoms with E-state index in [1.54, 1.807) is 17.1 Å². The summed E-state index contributed by atoms with van der Waals surface area (Å²) in [6, 6.07) is 7.35. The SMILES string of the molecule is CCc1cc(N2CCCCCC2C(=O)NC(C)c2ccc3c(c2)OCO3)nc(-n2ccnc2)n1. The number of rotatable bonds is 6. The minimum atomic E-state index is -0.297. The third kappa shape index (κ3) is 4.55. The average Bonchev–Trinajstić information content (AvgIpc) is 3.50. The fourth-order valence-electron chi connectivity index (χ4n) is 4.52. The van der Waals surface area contributed by atoms with Gasteiger partial charge in [-0.2, -0.15) is 4.98 Å². The molecule has 2 aromatic heterocycles. The highest BCUT2D eigenvalue weighted by Gasteiger charge is 2.30. The van der Waals surface area contributed by atoms with Gasteiger partial charge in [0.05, 0.1) is 6.04 Å². The number of aryl methyl sites for hydroxylation is 1. The van der Waals surface area contributed by atoms with Crippen LogP contribution < -0.4 is 19.7 Å². The van der Waals surface area contributed by atoms with Gasteiger partial charge in [0.15, 0.2) is 11.5 Å². The summed E-state index contributed by atoms with van der Waals surface area (Å²) < 4.78 is 12.7. The zero-order valence-electron chi connectivity index (χ0n) is 19.6. The van der Waals surface area contributed by atoms with Gasteiger partial charge in [0.25, 0.3) is 0 Å². The van der Waals surface area contributed by atoms with Crippen LogP contribution in [0.15, 0.2) is 43.0 Å². The van der Waals surface area contributed by atoms with E-state index in [-0.39, 0.29) is 24.8 Å². The van der Waals surface area contributed by atoms with Gasteiger partial charge in [-0.25, -0.2) is 9.97 Å². The molecule has 0 bridgehead atoms. The fraction of sp³-hybridized carbons (Fsp3) is 0.440. The van der Waals surface area contributed by atoms with Gasteiger partial charge in [-0.15, -0.1) is 0 Å². The Hall–Kier alpha value is -3.62. The minimum absolute atomic E-state index is 0.00732. The maximum Gasteiger partial charge on any atom is 0.243 e. The molecule has 0 saturated carbocycles. The summed E-state index contributed by atoms with van der Waals surface area (Å²) in [5.41, 5.74) is 1.92. The number of carbonyl (C=O) groups excluding carboxylic acids is 1. The van der Waals surface area contributed by atoms with Gasteiger partial charge in [0.1, 0.15) is 18.2 Å². The van der Waals surface area contributed by atoms with E-state index in [2.05, 4.69) is 27.1 Å². The van der Waals surface area contributed by atoms with Crippen molar-refractivity contribution in [2.75, 3.05) is 18.2 Å². The highest BCUT2D eigenvalue weighted by atomic mass is 16.7. The van der Waals surface area contributed by atoms with E-state index in [9.17, 15) is 4.79 Å². The van der Waals surface area contributed by atoms with Gasteiger partial charge in [-0.3, -0.25) is 9.36 Å². The molecule has 5 rings (SSSR count). The quantitative estimate of drug-likeness (QED) is 0.598. The Morgan fingerprint density at radius 2 is 2.06 bits per heavy atom. The molecular formula is C25H30N6O3. The van der Waals surface area contributed by atoms with Crippen LogP contribution in [0.1, 0.15) is 56.8 Å². The molecule has 0 spiro atoms. The van der Waals surface area contributed by atoms with E-state index in [0.717, 1.165) is 67.2 Å². The largest absolute Gasteiger partial charge is 0.454 e. The fourth-order valence-corrected chi connectivity index (χ4v) is 4.52. The number of hydrogen-bond donors (Lipinski definition) is 1. The van der Waals surface area contributed by atoms with Crippen molar-refractivity contribution < 1.29 is 14.3 Å². The molecule has 2 atom stereocenters. The number of aromatic nitrogens is 4. The molecular weight excluding hydrogens is 432 g/mol. The highest BCUT2D eigenvalue weighted by Crippen LogP contribution is 2.34. The standard InChI is InChI=1S/C25H30N6O3/c1-3-19-14-23(29-25(28-19)30-12-10-26-15-30)31-11-6-4-5-7-20(31)24(32)27-17(2)18-8-9-21-22(13-18)34-16-33-21/h8-10,12-15,17,20H,3-7,11,16H2,1-2H3,(H,27,32). The van der Waals surface area contributed by atoms with Gasteiger partial charge in [0, 0.05) is 30.7 Å². The number of imidazole rings is 1. The number of amides is 1. The van der Waals surface area contributed by atoms with Crippen molar-refractivity contribution >= 4 is 11.7 Å². The molecule has 2 unspecified atom stereocenters. The summed E-state index contributed by atoms with van der Waals surface area (Å²) in [5, 5.41) is 3.22. The topological polar surface area (TPSA) is 94.4 Å². The number of fused-ring (bicyclic) bond motifs is 1. The number of nitrogens with zero attached hydrogens (tertiary/aromatic N) is 5. The van der Waals surface area contributed by atoms with Gasteiger partial charge in [0.2, 0.25) is 18.6 Å². The Labute approximate surface area is 199 Å². The lowest BCUT2D eigenvalue weighted by molar-refractivity contribution is -0.123. The predicted octanol–water partition coefficient (Wildman–Crippen LogP) is 3.58. The first-order valence-corrected chi connectivity index (χ1v) is 11.9. The Morgan fingerprint density at radius 1 is 1.18 bits per heavy atom. The molecule has 178 valence electrons. The molecule has 1 N–H and O–H groups in total. The lowest BCUT2D eigenvalue weighted by Crippen LogP contribution is -2.47. The van der Waals surface area contributed by atoms with E-state index in [1.165, 1.54) is 0 Å². The molecule has 0 radical (unpaired) electrons. The summed E-state index contributed by atoms with van der Waals surface area (Å²) in [6.45, 7) is 5.08. The van der Waals surface area contributed by atoms with Crippen LogP contribution in [0, 0.1) is 0 Å². The third-order valence-corrected chi connectivity index (χ3v) is 6.46. The number of carbonyl (C=O) groups is 1. The van der Waals surface area contributed by atoms with Crippen LogP contribution in [0.25, 0.3) is 5.95 Å². The zero-order valence-corrected chi connectivity index (χ0v) is 19.6. The summed E-state index contributed by atoms with van der Waals surface area (Å²) in [4.78, 5) is 29.3. The van der Waals surface area contributed by atoms with Crippen LogP contribution in [0.5, 0.6) is 11.5 Å². The van der Waals surface area contributed by atoms with E-state index >= 15 is 0 Å². The number of ether oxygens (including phenoxy) is 2. The van der Waals surface area contributed by atoms with Crippen molar-refractivity contribution in [3.63, 3.8) is 0 Å². The Bertz CT molecular complexity index is 1150. The van der Waals surface area contributed by atoms with E-state index in [4.69, 9.17) is 14.5 Å². The van der Waals surface area contributed by atoms with Crippen LogP contribution in [-0.4, -0.2) is 44.8 Å². The third-order valence-electron chi connectivity index (χ3n) is 6.46. The summed E-state index contributed by atoms with van der Waals surface area (Å²) in [7, 11) is 0. The Balaban J connectivity index is 1.40. The molecule has 34 heavy (non-hydrogen) atoms. The monoisotopic (exact) mass is 462 g/mol. The van der Waals surface area contributed by atoms with Crippen molar-refractivity contribution in [1.29, 1.82) is 0 Å². The first kappa shape index (κ1) is 22.2. The number of anilines is 1. The normalized spacial score (nSPS) is 18.4. The van der Waals surface area contributed by atoms with Crippen molar-refractivity contribution in [2.24, 2.45) is 0 Å². The first-order chi connectivity index (χ1) is 16.6. The van der Waals surface area contributed by atoms with Gasteiger partial charge in [-0.05, 0) is 43.9 Å². The van der Waals surface area contributed by atoms with Crippen molar-refractivity contribution in [1.82, 2.24) is 24.8 Å². The van der Waals surface area contributed by atoms with Crippen molar-refractivity contribution in [3.8, 4) is 17.4 Å². The van der Waals surface area contributed by atoms with Crippen LogP contribution in [0.2, 0.25) is 0 Å². The second-order valence-corrected chi connectivity index (χ2v) is 8.74. The zero-order chi connectivity index (χ0) is 23.5. The number of hydrogen-bond acceptors (Lipinski definition) is 7. The molecule has 1 fully saturated rings. The van der Waals surface area contributed by atoms with Crippen LogP contribution in [0.3, 0.4) is 0 Å². The van der Waals surface area contributed by atoms with Gasteiger partial charge < -0.3 is 19.7 Å². The lowest BCUT2D eigenvalue weighted by atomic mass is 10.1. The molecule has 4 heterocycles. The second kappa shape index (κ2) is 9.70. The maximum absolute atomic E-state index is 13.6. The number of benzene rings is 1. The maximum atomic E-state index is 13.6. The van der Waals surface area contributed by atoms with Gasteiger partial charge >= 0.3 is 0 Å². The summed E-state index contributed by atoms with van der Waals surface area (Å²) in [5.74, 6) is 2.82. The van der Waals surface area contributed by atoms with Gasteiger partial charge in [-0.1, -0.05) is 25.8 Å². The Morgan fingerprint density at radius 3 is 2.88 bits per heavy atom. The van der Waals surface area contributed by atoms with E-state index < -0.39 is 0 Å². The minimum Gasteiger partial charge on any atom is -0.454 e. The van der Waals surface area contributed by atoms with Crippen molar-refractivity contribution in [3.05, 3.63) is 54.2 Å². The molecule has 3 aromatic rings. The second-order valence-electron chi connectivity index (χ2n) is 8.74. The lowest BCUT2D eigenvalue weighted by Gasteiger charge is -2.31. The molecule has 1 saturated heterocycles. The molecule has 9 heteroatoms. The summed E-state index contributed by atoms with van der Waals surface area (Å²) >= 11 is 0.